The topological polar surface area (TPSA) is 131 Å². The first-order valence-corrected chi connectivity index (χ1v) is 9.38. The molecule has 0 bridgehead atoms. The third-order valence-electron chi connectivity index (χ3n) is 4.65. The van der Waals surface area contributed by atoms with Gasteiger partial charge in [-0.1, -0.05) is 18.2 Å². The number of ketones is 1. The summed E-state index contributed by atoms with van der Waals surface area (Å²) in [5.74, 6) is 1.53. The van der Waals surface area contributed by atoms with Crippen molar-refractivity contribution < 1.29 is 18.9 Å². The van der Waals surface area contributed by atoms with E-state index in [4.69, 9.17) is 19.8 Å². The van der Waals surface area contributed by atoms with Gasteiger partial charge in [-0.2, -0.15) is 0 Å². The van der Waals surface area contributed by atoms with Crippen molar-refractivity contribution in [2.75, 3.05) is 26.5 Å². The van der Waals surface area contributed by atoms with Crippen molar-refractivity contribution in [1.82, 2.24) is 19.9 Å². The SMILES string of the molecule is COc1cccc(C=NCC(=O)Cn2c(-c3nonc3N)nc3ccccc32)c1OC. The fourth-order valence-electron chi connectivity index (χ4n) is 3.25. The van der Waals surface area contributed by atoms with Crippen LogP contribution in [0.4, 0.5) is 5.82 Å². The van der Waals surface area contributed by atoms with Crippen LogP contribution in [0.15, 0.2) is 52.1 Å². The molecule has 10 nitrogen and oxygen atoms in total. The van der Waals surface area contributed by atoms with Gasteiger partial charge in [0.05, 0.1) is 38.3 Å². The molecule has 0 saturated heterocycles. The Balaban J connectivity index is 1.57. The van der Waals surface area contributed by atoms with E-state index in [0.717, 1.165) is 5.52 Å². The Morgan fingerprint density at radius 2 is 2.00 bits per heavy atom. The van der Waals surface area contributed by atoms with Crippen molar-refractivity contribution in [1.29, 1.82) is 0 Å². The average Bonchev–Trinajstić information content (AvgIpc) is 3.36. The molecule has 2 heterocycles. The first-order chi connectivity index (χ1) is 15.1. The molecule has 0 aliphatic rings. The van der Waals surface area contributed by atoms with Gasteiger partial charge in [0.2, 0.25) is 0 Å². The van der Waals surface area contributed by atoms with Crippen LogP contribution in [0.25, 0.3) is 22.6 Å². The van der Waals surface area contributed by atoms with Crippen molar-refractivity contribution in [3.8, 4) is 23.0 Å². The number of ether oxygens (including phenoxy) is 2. The molecule has 0 aliphatic heterocycles. The van der Waals surface area contributed by atoms with Gasteiger partial charge in [-0.25, -0.2) is 9.61 Å². The largest absolute Gasteiger partial charge is 0.493 e. The summed E-state index contributed by atoms with van der Waals surface area (Å²) in [7, 11) is 3.11. The Hall–Kier alpha value is -4.21. The van der Waals surface area contributed by atoms with Gasteiger partial charge in [-0.3, -0.25) is 9.79 Å². The van der Waals surface area contributed by atoms with E-state index >= 15 is 0 Å². The minimum Gasteiger partial charge on any atom is -0.493 e. The number of benzene rings is 2. The van der Waals surface area contributed by atoms with Crippen LogP contribution in [-0.4, -0.2) is 52.6 Å². The van der Waals surface area contributed by atoms with E-state index < -0.39 is 0 Å². The van der Waals surface area contributed by atoms with Gasteiger partial charge in [0.25, 0.3) is 0 Å². The lowest BCUT2D eigenvalue weighted by molar-refractivity contribution is -0.118. The van der Waals surface area contributed by atoms with Gasteiger partial charge in [0.1, 0.15) is 0 Å². The van der Waals surface area contributed by atoms with Crippen LogP contribution in [0.2, 0.25) is 0 Å². The fraction of sp³-hybridized carbons (Fsp3) is 0.190. The van der Waals surface area contributed by atoms with Crippen LogP contribution in [0.3, 0.4) is 0 Å². The quantitative estimate of drug-likeness (QED) is 0.430. The highest BCUT2D eigenvalue weighted by atomic mass is 16.6. The monoisotopic (exact) mass is 420 g/mol. The standard InChI is InChI=1S/C21H20N6O4/c1-29-17-9-5-6-13(19(17)30-2)10-23-11-14(28)12-27-16-8-4-3-7-15(16)24-21(27)18-20(22)26-31-25-18/h3-10H,11-12H2,1-2H3,(H2,22,26). The van der Waals surface area contributed by atoms with Crippen molar-refractivity contribution in [2.45, 2.75) is 6.54 Å². The Kier molecular flexibility index (Phi) is 5.61. The summed E-state index contributed by atoms with van der Waals surface area (Å²) < 4.78 is 17.1. The molecule has 0 spiro atoms. The summed E-state index contributed by atoms with van der Waals surface area (Å²) in [4.78, 5) is 21.5. The first-order valence-electron chi connectivity index (χ1n) is 9.38. The van der Waals surface area contributed by atoms with E-state index in [-0.39, 0.29) is 30.4 Å². The van der Waals surface area contributed by atoms with Gasteiger partial charge >= 0.3 is 0 Å². The summed E-state index contributed by atoms with van der Waals surface area (Å²) in [6, 6.07) is 12.9. The number of hydrogen-bond donors (Lipinski definition) is 1. The lowest BCUT2D eigenvalue weighted by Crippen LogP contribution is -2.14. The molecule has 0 saturated carbocycles. The maximum atomic E-state index is 12.7. The predicted molar refractivity (Wildman–Crippen MR) is 114 cm³/mol. The lowest BCUT2D eigenvalue weighted by Gasteiger charge is -2.09. The molecule has 0 atom stereocenters. The number of Topliss-reactive ketones (excluding diaryl/α,β-unsaturated/α-hetero) is 1. The average molecular weight is 420 g/mol. The minimum atomic E-state index is -0.127. The number of nitrogens with zero attached hydrogens (tertiary/aromatic N) is 5. The van der Waals surface area contributed by atoms with Crippen molar-refractivity contribution in [3.05, 3.63) is 48.0 Å². The molecule has 0 radical (unpaired) electrons. The zero-order valence-electron chi connectivity index (χ0n) is 17.0. The van der Waals surface area contributed by atoms with Gasteiger partial charge in [-0.15, -0.1) is 0 Å². The Morgan fingerprint density at radius 1 is 1.16 bits per heavy atom. The van der Waals surface area contributed by atoms with Crippen LogP contribution in [0, 0.1) is 0 Å². The minimum absolute atomic E-state index is 0.0289. The lowest BCUT2D eigenvalue weighted by atomic mass is 10.2. The van der Waals surface area contributed by atoms with Gasteiger partial charge in [0, 0.05) is 11.8 Å². The molecule has 2 aromatic heterocycles. The Morgan fingerprint density at radius 3 is 2.74 bits per heavy atom. The van der Waals surface area contributed by atoms with Crippen LogP contribution in [0.1, 0.15) is 5.56 Å². The molecule has 158 valence electrons. The van der Waals surface area contributed by atoms with Crippen LogP contribution < -0.4 is 15.2 Å². The van der Waals surface area contributed by atoms with Crippen LogP contribution >= 0.6 is 0 Å². The summed E-state index contributed by atoms with van der Waals surface area (Å²) in [6.45, 7) is 0.00753. The van der Waals surface area contributed by atoms with E-state index in [0.29, 0.717) is 28.4 Å². The molecular formula is C21H20N6O4. The summed E-state index contributed by atoms with van der Waals surface area (Å²) >= 11 is 0. The number of methoxy groups -OCH3 is 2. The molecule has 0 amide bonds. The zero-order valence-corrected chi connectivity index (χ0v) is 17.0. The van der Waals surface area contributed by atoms with E-state index in [9.17, 15) is 4.79 Å². The second-order valence-electron chi connectivity index (χ2n) is 6.60. The number of hydrogen-bond acceptors (Lipinski definition) is 9. The molecule has 0 fully saturated rings. The number of anilines is 1. The molecule has 31 heavy (non-hydrogen) atoms. The number of carbonyl (C=O) groups is 1. The van der Waals surface area contributed by atoms with Crippen molar-refractivity contribution >= 4 is 28.8 Å². The maximum Gasteiger partial charge on any atom is 0.199 e. The summed E-state index contributed by atoms with van der Waals surface area (Å²) in [6.07, 6.45) is 1.59. The van der Waals surface area contributed by atoms with Crippen LogP contribution in [-0.2, 0) is 11.3 Å². The first kappa shape index (κ1) is 20.1. The summed E-state index contributed by atoms with van der Waals surface area (Å²) in [5.41, 5.74) is 8.31. The molecule has 2 N–H and O–H groups in total. The second-order valence-corrected chi connectivity index (χ2v) is 6.60. The number of para-hydroxylation sites is 3. The Bertz CT molecular complexity index is 1260. The van der Waals surface area contributed by atoms with E-state index in [2.05, 4.69) is 20.3 Å². The smallest absolute Gasteiger partial charge is 0.199 e. The third kappa shape index (κ3) is 3.95. The molecule has 10 heteroatoms. The zero-order chi connectivity index (χ0) is 21.8. The highest BCUT2D eigenvalue weighted by molar-refractivity contribution is 5.90. The normalized spacial score (nSPS) is 11.3. The molecule has 0 aliphatic carbocycles. The molecule has 4 rings (SSSR count). The number of rotatable bonds is 8. The predicted octanol–water partition coefficient (Wildman–Crippen LogP) is 2.37. The highest BCUT2D eigenvalue weighted by Crippen LogP contribution is 2.29. The highest BCUT2D eigenvalue weighted by Gasteiger charge is 2.20. The van der Waals surface area contributed by atoms with Gasteiger partial charge in [-0.05, 0) is 34.6 Å². The summed E-state index contributed by atoms with van der Waals surface area (Å²) in [5, 5.41) is 7.43. The van der Waals surface area contributed by atoms with Gasteiger partial charge in [0.15, 0.2) is 34.6 Å². The Labute approximate surface area is 177 Å². The van der Waals surface area contributed by atoms with Crippen LogP contribution in [0.5, 0.6) is 11.5 Å². The third-order valence-corrected chi connectivity index (χ3v) is 4.65. The number of nitrogen functional groups attached to an aromatic ring is 1. The molecule has 2 aromatic carbocycles. The fourth-order valence-corrected chi connectivity index (χ4v) is 3.25. The number of imidazole rings is 1. The van der Waals surface area contributed by atoms with E-state index in [1.165, 1.54) is 0 Å². The number of aromatic nitrogens is 4. The van der Waals surface area contributed by atoms with Gasteiger partial charge < -0.3 is 19.8 Å². The number of carbonyl (C=O) groups excluding carboxylic acids is 1. The number of fused-ring (bicyclic) bond motifs is 1. The van der Waals surface area contributed by atoms with Crippen molar-refractivity contribution in [3.63, 3.8) is 0 Å². The molecular weight excluding hydrogens is 400 g/mol. The second kappa shape index (κ2) is 8.66. The van der Waals surface area contributed by atoms with E-state index in [1.807, 2.05) is 36.4 Å². The molecule has 4 aromatic rings. The number of nitrogens with two attached hydrogens (primary N) is 1. The van der Waals surface area contributed by atoms with E-state index in [1.54, 1.807) is 31.1 Å². The van der Waals surface area contributed by atoms with Crippen molar-refractivity contribution in [2.24, 2.45) is 4.99 Å². The molecule has 0 unspecified atom stereocenters. The maximum absolute atomic E-state index is 12.7. The number of aliphatic imine (C=N–C) groups is 1.